The largest absolute Gasteiger partial charge is 0.496 e. The number of nitrogens with one attached hydrogen (secondary N) is 1. The van der Waals surface area contributed by atoms with Gasteiger partial charge in [0.1, 0.15) is 5.75 Å². The van der Waals surface area contributed by atoms with Gasteiger partial charge in [-0.1, -0.05) is 36.7 Å². The van der Waals surface area contributed by atoms with Crippen LogP contribution in [0.4, 0.5) is 0 Å². The second kappa shape index (κ2) is 9.41. The standard InChI is InChI=1S/C17H28BrNO/c1-5-10-19-16(11-13(2)3)8-6-14-12-15(18)7-9-17(14)20-4/h7,9,12-13,16,19H,5-6,8,10-11H2,1-4H3. The first-order chi connectivity index (χ1) is 9.56. The molecule has 1 rings (SSSR count). The molecule has 1 aromatic rings. The van der Waals surface area contributed by atoms with Crippen LogP contribution in [-0.2, 0) is 6.42 Å². The van der Waals surface area contributed by atoms with E-state index in [4.69, 9.17) is 4.74 Å². The Balaban J connectivity index is 2.63. The van der Waals surface area contributed by atoms with Crippen LogP contribution >= 0.6 is 15.9 Å². The first-order valence-electron chi connectivity index (χ1n) is 7.62. The molecule has 0 fully saturated rings. The molecule has 0 amide bonds. The number of aryl methyl sites for hydroxylation is 1. The molecule has 1 N–H and O–H groups in total. The summed E-state index contributed by atoms with van der Waals surface area (Å²) in [5, 5.41) is 3.67. The third-order valence-corrected chi connectivity index (χ3v) is 3.94. The Hall–Kier alpha value is -0.540. The molecule has 0 spiro atoms. The summed E-state index contributed by atoms with van der Waals surface area (Å²) in [5.74, 6) is 1.72. The Morgan fingerprint density at radius 3 is 2.65 bits per heavy atom. The van der Waals surface area contributed by atoms with Crippen molar-refractivity contribution >= 4 is 15.9 Å². The van der Waals surface area contributed by atoms with E-state index in [0.717, 1.165) is 35.5 Å². The Labute approximate surface area is 132 Å². The monoisotopic (exact) mass is 341 g/mol. The average Bonchev–Trinajstić information content (AvgIpc) is 2.41. The molecule has 1 atom stereocenters. The first-order valence-corrected chi connectivity index (χ1v) is 8.41. The van der Waals surface area contributed by atoms with Gasteiger partial charge < -0.3 is 10.1 Å². The lowest BCUT2D eigenvalue weighted by Gasteiger charge is -2.21. The fourth-order valence-corrected chi connectivity index (χ4v) is 2.90. The topological polar surface area (TPSA) is 21.3 Å². The molecule has 0 aromatic heterocycles. The summed E-state index contributed by atoms with van der Waals surface area (Å²) in [6.07, 6.45) is 4.63. The van der Waals surface area contributed by atoms with Crippen LogP contribution in [0.5, 0.6) is 5.75 Å². The minimum absolute atomic E-state index is 0.596. The van der Waals surface area contributed by atoms with E-state index in [9.17, 15) is 0 Å². The van der Waals surface area contributed by atoms with Crippen LogP contribution in [0.2, 0.25) is 0 Å². The highest BCUT2D eigenvalue weighted by atomic mass is 79.9. The molecule has 0 aliphatic rings. The lowest BCUT2D eigenvalue weighted by Crippen LogP contribution is -2.31. The zero-order valence-corrected chi connectivity index (χ0v) is 14.8. The fourth-order valence-electron chi connectivity index (χ4n) is 2.49. The third kappa shape index (κ3) is 6.27. The number of benzene rings is 1. The highest BCUT2D eigenvalue weighted by Gasteiger charge is 2.12. The number of methoxy groups -OCH3 is 1. The lowest BCUT2D eigenvalue weighted by atomic mass is 9.97. The normalized spacial score (nSPS) is 12.7. The van der Waals surface area contributed by atoms with E-state index in [0.29, 0.717) is 6.04 Å². The number of hydrogen-bond acceptors (Lipinski definition) is 2. The smallest absolute Gasteiger partial charge is 0.122 e. The van der Waals surface area contributed by atoms with Crippen molar-refractivity contribution in [1.82, 2.24) is 5.32 Å². The van der Waals surface area contributed by atoms with Crippen molar-refractivity contribution in [3.8, 4) is 5.75 Å². The molecular formula is C17H28BrNO. The van der Waals surface area contributed by atoms with Crippen molar-refractivity contribution in [3.63, 3.8) is 0 Å². The Bertz CT molecular complexity index is 393. The predicted octanol–water partition coefficient (Wildman–Crippen LogP) is 4.80. The number of rotatable bonds is 9. The number of halogens is 1. The van der Waals surface area contributed by atoms with Crippen molar-refractivity contribution in [3.05, 3.63) is 28.2 Å². The van der Waals surface area contributed by atoms with Crippen LogP contribution in [0.1, 0.15) is 45.6 Å². The fraction of sp³-hybridized carbons (Fsp3) is 0.647. The summed E-state index contributed by atoms with van der Waals surface area (Å²) in [4.78, 5) is 0. The second-order valence-electron chi connectivity index (χ2n) is 5.78. The molecule has 20 heavy (non-hydrogen) atoms. The molecule has 0 saturated heterocycles. The van der Waals surface area contributed by atoms with Crippen LogP contribution in [0, 0.1) is 5.92 Å². The van der Waals surface area contributed by atoms with Gasteiger partial charge in [-0.15, -0.1) is 0 Å². The highest BCUT2D eigenvalue weighted by Crippen LogP contribution is 2.25. The quantitative estimate of drug-likeness (QED) is 0.696. The van der Waals surface area contributed by atoms with Gasteiger partial charge in [0, 0.05) is 10.5 Å². The van der Waals surface area contributed by atoms with Crippen LogP contribution in [0.3, 0.4) is 0 Å². The summed E-state index contributed by atoms with van der Waals surface area (Å²) in [5.41, 5.74) is 1.29. The minimum Gasteiger partial charge on any atom is -0.496 e. The second-order valence-corrected chi connectivity index (χ2v) is 6.69. The SMILES string of the molecule is CCCNC(CCc1cc(Br)ccc1OC)CC(C)C. The first kappa shape index (κ1) is 17.5. The van der Waals surface area contributed by atoms with Gasteiger partial charge in [-0.3, -0.25) is 0 Å². The van der Waals surface area contributed by atoms with Gasteiger partial charge in [0.15, 0.2) is 0 Å². The summed E-state index contributed by atoms with van der Waals surface area (Å²) >= 11 is 3.54. The van der Waals surface area contributed by atoms with Crippen molar-refractivity contribution in [2.75, 3.05) is 13.7 Å². The van der Waals surface area contributed by atoms with Crippen molar-refractivity contribution in [2.24, 2.45) is 5.92 Å². The third-order valence-electron chi connectivity index (χ3n) is 3.44. The molecule has 1 unspecified atom stereocenters. The lowest BCUT2D eigenvalue weighted by molar-refractivity contribution is 0.388. The van der Waals surface area contributed by atoms with E-state index in [2.05, 4.69) is 48.1 Å². The molecular weight excluding hydrogens is 314 g/mol. The molecule has 2 nitrogen and oxygen atoms in total. The average molecular weight is 342 g/mol. The van der Waals surface area contributed by atoms with Gasteiger partial charge in [-0.25, -0.2) is 0 Å². The van der Waals surface area contributed by atoms with Crippen molar-refractivity contribution in [1.29, 1.82) is 0 Å². The van der Waals surface area contributed by atoms with Gasteiger partial charge in [0.25, 0.3) is 0 Å². The zero-order valence-electron chi connectivity index (χ0n) is 13.2. The molecule has 0 saturated carbocycles. The van der Waals surface area contributed by atoms with Gasteiger partial charge in [0.2, 0.25) is 0 Å². The van der Waals surface area contributed by atoms with Crippen molar-refractivity contribution in [2.45, 2.75) is 52.5 Å². The molecule has 0 bridgehead atoms. The van der Waals surface area contributed by atoms with Gasteiger partial charge in [0.05, 0.1) is 7.11 Å². The van der Waals surface area contributed by atoms with E-state index in [1.54, 1.807) is 7.11 Å². The maximum atomic E-state index is 5.45. The Morgan fingerprint density at radius 1 is 1.30 bits per heavy atom. The molecule has 0 aliphatic heterocycles. The van der Waals surface area contributed by atoms with Crippen LogP contribution in [-0.4, -0.2) is 19.7 Å². The van der Waals surface area contributed by atoms with Crippen molar-refractivity contribution < 1.29 is 4.74 Å². The Morgan fingerprint density at radius 2 is 2.05 bits per heavy atom. The summed E-state index contributed by atoms with van der Waals surface area (Å²) in [6, 6.07) is 6.84. The maximum Gasteiger partial charge on any atom is 0.122 e. The summed E-state index contributed by atoms with van der Waals surface area (Å²) in [6.45, 7) is 7.91. The van der Waals surface area contributed by atoms with Crippen LogP contribution in [0.15, 0.2) is 22.7 Å². The van der Waals surface area contributed by atoms with E-state index in [1.165, 1.54) is 18.4 Å². The molecule has 3 heteroatoms. The van der Waals surface area contributed by atoms with E-state index in [1.807, 2.05) is 12.1 Å². The molecule has 0 heterocycles. The van der Waals surface area contributed by atoms with Gasteiger partial charge >= 0.3 is 0 Å². The molecule has 114 valence electrons. The minimum atomic E-state index is 0.596. The zero-order chi connectivity index (χ0) is 15.0. The van der Waals surface area contributed by atoms with Gasteiger partial charge in [-0.2, -0.15) is 0 Å². The van der Waals surface area contributed by atoms with E-state index < -0.39 is 0 Å². The summed E-state index contributed by atoms with van der Waals surface area (Å²) in [7, 11) is 1.74. The van der Waals surface area contributed by atoms with Crippen LogP contribution in [0.25, 0.3) is 0 Å². The molecule has 0 aliphatic carbocycles. The number of ether oxygens (including phenoxy) is 1. The van der Waals surface area contributed by atoms with Gasteiger partial charge in [-0.05, 0) is 61.9 Å². The van der Waals surface area contributed by atoms with Crippen LogP contribution < -0.4 is 10.1 Å². The predicted molar refractivity (Wildman–Crippen MR) is 90.6 cm³/mol. The van der Waals surface area contributed by atoms with E-state index in [-0.39, 0.29) is 0 Å². The highest BCUT2D eigenvalue weighted by molar-refractivity contribution is 9.10. The Kier molecular flexibility index (Phi) is 8.24. The molecule has 0 radical (unpaired) electrons. The molecule has 1 aromatic carbocycles. The van der Waals surface area contributed by atoms with E-state index >= 15 is 0 Å². The number of hydrogen-bond donors (Lipinski definition) is 1. The summed E-state index contributed by atoms with van der Waals surface area (Å²) < 4.78 is 6.57. The maximum absolute atomic E-state index is 5.45.